The molecule has 1 saturated heterocycles. The van der Waals surface area contributed by atoms with Crippen molar-refractivity contribution in [2.75, 3.05) is 26.0 Å². The van der Waals surface area contributed by atoms with E-state index < -0.39 is 15.9 Å². The highest BCUT2D eigenvalue weighted by molar-refractivity contribution is 7.89. The Kier molecular flexibility index (Phi) is 8.85. The number of hydrogen-bond donors (Lipinski definition) is 2. The maximum atomic E-state index is 13.4. The smallest absolute Gasteiger partial charge is 0.265 e. The van der Waals surface area contributed by atoms with Crippen LogP contribution in [-0.4, -0.2) is 56.0 Å². The lowest BCUT2D eigenvalue weighted by atomic mass is 10.1. The number of nitrogens with zero attached hydrogens (tertiary/aromatic N) is 2. The Hall–Kier alpha value is -3.12. The quantitative estimate of drug-likeness (QED) is 0.441. The third-order valence-corrected chi connectivity index (χ3v) is 7.58. The molecule has 3 heterocycles. The summed E-state index contributed by atoms with van der Waals surface area (Å²) < 4.78 is 38.3. The van der Waals surface area contributed by atoms with Crippen molar-refractivity contribution in [3.8, 4) is 11.5 Å². The molecule has 2 atom stereocenters. The molecule has 3 aromatic rings. The van der Waals surface area contributed by atoms with Crippen LogP contribution in [0.15, 0.2) is 53.3 Å². The SMILES string of the molecule is CC(N1CCCCC1NCc1ccc2c(c1)OCCO2)n1c(=O)cc(C(=O)NS(C)(=O)=O)c2ccccc21.Cl. The number of nitrogens with one attached hydrogen (secondary N) is 2. The van der Waals surface area contributed by atoms with Crippen LogP contribution < -0.4 is 25.1 Å². The fraction of sp³-hybridized carbons (Fsp3) is 0.407. The summed E-state index contributed by atoms with van der Waals surface area (Å²) in [5.74, 6) is 0.688. The monoisotopic (exact) mass is 576 g/mol. The first-order valence-corrected chi connectivity index (χ1v) is 14.6. The van der Waals surface area contributed by atoms with E-state index in [9.17, 15) is 18.0 Å². The van der Waals surface area contributed by atoms with Crippen LogP contribution in [0.3, 0.4) is 0 Å². The van der Waals surface area contributed by atoms with Crippen molar-refractivity contribution in [2.24, 2.45) is 0 Å². The van der Waals surface area contributed by atoms with Crippen LogP contribution in [0.2, 0.25) is 0 Å². The molecule has 1 amide bonds. The van der Waals surface area contributed by atoms with Gasteiger partial charge in [0.05, 0.1) is 29.7 Å². The second-order valence-electron chi connectivity index (χ2n) is 9.73. The van der Waals surface area contributed by atoms with Gasteiger partial charge in [-0.1, -0.05) is 24.3 Å². The van der Waals surface area contributed by atoms with E-state index in [1.165, 1.54) is 6.07 Å². The average molecular weight is 577 g/mol. The minimum absolute atomic E-state index is 0. The summed E-state index contributed by atoms with van der Waals surface area (Å²) in [4.78, 5) is 28.4. The zero-order valence-corrected chi connectivity index (χ0v) is 23.5. The Labute approximate surface area is 233 Å². The first-order chi connectivity index (χ1) is 18.2. The molecule has 10 nitrogen and oxygen atoms in total. The van der Waals surface area contributed by atoms with E-state index in [-0.39, 0.29) is 35.9 Å². The predicted molar refractivity (Wildman–Crippen MR) is 151 cm³/mol. The van der Waals surface area contributed by atoms with Gasteiger partial charge >= 0.3 is 0 Å². The maximum Gasteiger partial charge on any atom is 0.265 e. The molecule has 0 radical (unpaired) electrons. The van der Waals surface area contributed by atoms with Crippen molar-refractivity contribution in [2.45, 2.75) is 45.1 Å². The highest BCUT2D eigenvalue weighted by Crippen LogP contribution is 2.31. The van der Waals surface area contributed by atoms with Crippen LogP contribution >= 0.6 is 12.4 Å². The molecule has 2 unspecified atom stereocenters. The van der Waals surface area contributed by atoms with Crippen LogP contribution in [0.4, 0.5) is 0 Å². The molecule has 0 saturated carbocycles. The van der Waals surface area contributed by atoms with Gasteiger partial charge in [0.15, 0.2) is 11.5 Å². The van der Waals surface area contributed by atoms with E-state index in [0.29, 0.717) is 30.7 Å². The Morgan fingerprint density at radius 2 is 1.82 bits per heavy atom. The predicted octanol–water partition coefficient (Wildman–Crippen LogP) is 3.00. The van der Waals surface area contributed by atoms with Gasteiger partial charge < -0.3 is 9.47 Å². The van der Waals surface area contributed by atoms with Crippen molar-refractivity contribution in [3.05, 3.63) is 70.0 Å². The molecule has 39 heavy (non-hydrogen) atoms. The fourth-order valence-corrected chi connectivity index (χ4v) is 5.75. The Morgan fingerprint density at radius 3 is 2.59 bits per heavy atom. The third-order valence-electron chi connectivity index (χ3n) is 7.03. The standard InChI is InChI=1S/C27H32N4O6S.ClH/c1-18(31-22-8-4-3-7-20(22)21(16-26(31)32)27(33)29-38(2,34)35)30-12-6-5-9-25(30)28-17-19-10-11-23-24(15-19)37-14-13-36-23;/h3-4,7-8,10-11,15-16,18,25,28H,5-6,9,12-14,17H2,1-2H3,(H,29,33);1H. The van der Waals surface area contributed by atoms with Crippen LogP contribution in [0.1, 0.15) is 48.3 Å². The highest BCUT2D eigenvalue weighted by Gasteiger charge is 2.29. The van der Waals surface area contributed by atoms with Gasteiger partial charge in [-0.05, 0) is 49.9 Å². The van der Waals surface area contributed by atoms with E-state index in [1.807, 2.05) is 29.8 Å². The van der Waals surface area contributed by atoms with Crippen molar-refractivity contribution in [1.82, 2.24) is 19.5 Å². The summed E-state index contributed by atoms with van der Waals surface area (Å²) in [5, 5.41) is 4.16. The number of carbonyl (C=O) groups excluding carboxylic acids is 1. The number of fused-ring (bicyclic) bond motifs is 2. The minimum atomic E-state index is -3.78. The number of halogens is 1. The number of amides is 1. The summed E-state index contributed by atoms with van der Waals surface area (Å²) in [6.45, 7) is 4.50. The van der Waals surface area contributed by atoms with Gasteiger partial charge in [-0.15, -0.1) is 12.4 Å². The topological polar surface area (TPSA) is 119 Å². The Bertz CT molecular complexity index is 1530. The summed E-state index contributed by atoms with van der Waals surface area (Å²) >= 11 is 0. The van der Waals surface area contributed by atoms with Gasteiger partial charge in [0.2, 0.25) is 10.0 Å². The van der Waals surface area contributed by atoms with E-state index in [0.717, 1.165) is 49.1 Å². The number of hydrogen-bond acceptors (Lipinski definition) is 8. The molecule has 5 rings (SSSR count). The molecule has 0 aliphatic carbocycles. The van der Waals surface area contributed by atoms with E-state index in [2.05, 4.69) is 10.2 Å². The van der Waals surface area contributed by atoms with E-state index in [1.54, 1.807) is 28.8 Å². The van der Waals surface area contributed by atoms with Crippen molar-refractivity contribution in [3.63, 3.8) is 0 Å². The number of likely N-dealkylation sites (tertiary alicyclic amines) is 1. The Balaban J connectivity index is 0.00000353. The molecule has 1 fully saturated rings. The van der Waals surface area contributed by atoms with Gasteiger partial charge in [-0.3, -0.25) is 24.4 Å². The van der Waals surface area contributed by atoms with Gasteiger partial charge in [-0.2, -0.15) is 0 Å². The molecule has 2 aliphatic rings. The Morgan fingerprint density at radius 1 is 1.08 bits per heavy atom. The summed E-state index contributed by atoms with van der Waals surface area (Å²) in [7, 11) is -3.78. The van der Waals surface area contributed by atoms with Crippen molar-refractivity contribution in [1.29, 1.82) is 0 Å². The highest BCUT2D eigenvalue weighted by atomic mass is 35.5. The molecule has 2 aliphatic heterocycles. The second-order valence-corrected chi connectivity index (χ2v) is 11.5. The largest absolute Gasteiger partial charge is 0.486 e. The van der Waals surface area contributed by atoms with Gasteiger partial charge in [-0.25, -0.2) is 13.1 Å². The van der Waals surface area contributed by atoms with Gasteiger partial charge in [0.1, 0.15) is 13.2 Å². The molecule has 2 N–H and O–H groups in total. The summed E-state index contributed by atoms with van der Waals surface area (Å²) in [6.07, 6.45) is 3.64. The number of sulfonamides is 1. The molecule has 210 valence electrons. The summed E-state index contributed by atoms with van der Waals surface area (Å²) in [5.41, 5.74) is 1.32. The fourth-order valence-electron chi connectivity index (χ4n) is 5.30. The van der Waals surface area contributed by atoms with Crippen LogP contribution in [0, 0.1) is 0 Å². The van der Waals surface area contributed by atoms with Crippen LogP contribution in [-0.2, 0) is 16.6 Å². The second kappa shape index (κ2) is 12.0. The number of para-hydroxylation sites is 1. The zero-order valence-electron chi connectivity index (χ0n) is 21.9. The number of benzene rings is 2. The number of rotatable bonds is 7. The number of carbonyl (C=O) groups is 1. The molecular weight excluding hydrogens is 544 g/mol. The first kappa shape index (κ1) is 28.9. The lowest BCUT2D eigenvalue weighted by Crippen LogP contribution is -2.51. The molecule has 1 aromatic heterocycles. The lowest BCUT2D eigenvalue weighted by Gasteiger charge is -2.41. The van der Waals surface area contributed by atoms with E-state index >= 15 is 0 Å². The molecule has 0 spiro atoms. The first-order valence-electron chi connectivity index (χ1n) is 12.8. The van der Waals surface area contributed by atoms with Crippen molar-refractivity contribution >= 4 is 39.2 Å². The molecular formula is C27H33ClN4O6S. The number of piperidine rings is 1. The number of aromatic nitrogens is 1. The van der Waals surface area contributed by atoms with Gasteiger partial charge in [0.25, 0.3) is 11.5 Å². The number of pyridine rings is 1. The normalized spacial score (nSPS) is 18.3. The minimum Gasteiger partial charge on any atom is -0.486 e. The van der Waals surface area contributed by atoms with Crippen LogP contribution in [0.5, 0.6) is 11.5 Å². The third kappa shape index (κ3) is 6.38. The summed E-state index contributed by atoms with van der Waals surface area (Å²) in [6, 6.07) is 14.2. The molecule has 2 aromatic carbocycles. The van der Waals surface area contributed by atoms with Crippen LogP contribution in [0.25, 0.3) is 10.9 Å². The maximum absolute atomic E-state index is 13.4. The molecule has 0 bridgehead atoms. The zero-order chi connectivity index (χ0) is 26.9. The molecule has 12 heteroatoms. The number of ether oxygens (including phenoxy) is 2. The van der Waals surface area contributed by atoms with Crippen molar-refractivity contribution < 1.29 is 22.7 Å². The van der Waals surface area contributed by atoms with Gasteiger partial charge in [0, 0.05) is 24.5 Å². The van der Waals surface area contributed by atoms with E-state index in [4.69, 9.17) is 9.47 Å². The lowest BCUT2D eigenvalue weighted by molar-refractivity contribution is 0.0462. The average Bonchev–Trinajstić information content (AvgIpc) is 2.90.